The summed E-state index contributed by atoms with van der Waals surface area (Å²) in [6.45, 7) is 5.03. The minimum absolute atomic E-state index is 0.216. The van der Waals surface area contributed by atoms with E-state index in [9.17, 15) is 5.11 Å². The summed E-state index contributed by atoms with van der Waals surface area (Å²) in [4.78, 5) is 2.19. The van der Waals surface area contributed by atoms with Crippen molar-refractivity contribution in [3.63, 3.8) is 0 Å². The molecule has 0 spiro atoms. The van der Waals surface area contributed by atoms with E-state index in [0.29, 0.717) is 0 Å². The topological polar surface area (TPSA) is 32.7 Å². The van der Waals surface area contributed by atoms with Crippen molar-refractivity contribution in [1.82, 2.24) is 4.90 Å². The van der Waals surface area contributed by atoms with Gasteiger partial charge in [-0.25, -0.2) is 0 Å². The molecule has 15 heavy (non-hydrogen) atoms. The standard InChI is InChI=1S/C12H25NO2/c1-3-5-11-6-8-13(12(14)10-11)7-4-9-15-2/h11-12,14H,3-10H2,1-2H3. The molecule has 2 atom stereocenters. The van der Waals surface area contributed by atoms with E-state index in [4.69, 9.17) is 4.74 Å². The molecule has 0 amide bonds. The van der Waals surface area contributed by atoms with Gasteiger partial charge in [-0.05, 0) is 25.2 Å². The van der Waals surface area contributed by atoms with Crippen LogP contribution in [0.4, 0.5) is 0 Å². The summed E-state index contributed by atoms with van der Waals surface area (Å²) < 4.78 is 5.02. The summed E-state index contributed by atoms with van der Waals surface area (Å²) in [5.74, 6) is 0.740. The summed E-state index contributed by atoms with van der Waals surface area (Å²) in [7, 11) is 1.73. The van der Waals surface area contributed by atoms with E-state index in [1.807, 2.05) is 0 Å². The lowest BCUT2D eigenvalue weighted by Gasteiger charge is -2.36. The molecule has 0 aromatic heterocycles. The monoisotopic (exact) mass is 215 g/mol. The average molecular weight is 215 g/mol. The van der Waals surface area contributed by atoms with Gasteiger partial charge in [-0.15, -0.1) is 0 Å². The van der Waals surface area contributed by atoms with Gasteiger partial charge in [-0.3, -0.25) is 4.90 Å². The zero-order valence-electron chi connectivity index (χ0n) is 10.1. The summed E-state index contributed by atoms with van der Waals surface area (Å²) in [6, 6.07) is 0. The number of rotatable bonds is 6. The first-order chi connectivity index (χ1) is 7.27. The fourth-order valence-corrected chi connectivity index (χ4v) is 2.41. The molecule has 3 nitrogen and oxygen atoms in total. The van der Waals surface area contributed by atoms with Crippen molar-refractivity contribution in [2.24, 2.45) is 5.92 Å². The van der Waals surface area contributed by atoms with E-state index < -0.39 is 0 Å². The van der Waals surface area contributed by atoms with E-state index >= 15 is 0 Å². The molecule has 1 aliphatic rings. The summed E-state index contributed by atoms with van der Waals surface area (Å²) in [6.07, 6.45) is 5.52. The van der Waals surface area contributed by atoms with Crippen LogP contribution < -0.4 is 0 Å². The molecule has 3 heteroatoms. The van der Waals surface area contributed by atoms with Gasteiger partial charge in [0.05, 0.1) is 0 Å². The molecule has 0 aromatic carbocycles. The Morgan fingerprint density at radius 1 is 1.47 bits per heavy atom. The third-order valence-electron chi connectivity index (χ3n) is 3.28. The number of nitrogens with zero attached hydrogens (tertiary/aromatic N) is 1. The van der Waals surface area contributed by atoms with Crippen molar-refractivity contribution in [1.29, 1.82) is 0 Å². The molecule has 90 valence electrons. The predicted molar refractivity (Wildman–Crippen MR) is 61.7 cm³/mol. The Morgan fingerprint density at radius 2 is 2.27 bits per heavy atom. The maximum atomic E-state index is 9.95. The molecule has 1 saturated heterocycles. The highest BCUT2D eigenvalue weighted by molar-refractivity contribution is 4.75. The fourth-order valence-electron chi connectivity index (χ4n) is 2.41. The molecular weight excluding hydrogens is 190 g/mol. The Bertz CT molecular complexity index is 164. The van der Waals surface area contributed by atoms with Gasteiger partial charge in [-0.1, -0.05) is 19.8 Å². The highest BCUT2D eigenvalue weighted by Gasteiger charge is 2.25. The molecule has 0 aromatic rings. The van der Waals surface area contributed by atoms with Crippen LogP contribution in [0.25, 0.3) is 0 Å². The molecular formula is C12H25NO2. The predicted octanol–water partition coefficient (Wildman–Crippen LogP) is 1.85. The van der Waals surface area contributed by atoms with Gasteiger partial charge in [0, 0.05) is 26.8 Å². The number of hydrogen-bond acceptors (Lipinski definition) is 3. The van der Waals surface area contributed by atoms with Crippen LogP contribution >= 0.6 is 0 Å². The van der Waals surface area contributed by atoms with Crippen LogP contribution in [0.1, 0.15) is 39.0 Å². The van der Waals surface area contributed by atoms with Gasteiger partial charge in [0.25, 0.3) is 0 Å². The number of methoxy groups -OCH3 is 1. The van der Waals surface area contributed by atoms with Crippen LogP contribution in [0.2, 0.25) is 0 Å². The van der Waals surface area contributed by atoms with Gasteiger partial charge >= 0.3 is 0 Å². The lowest BCUT2D eigenvalue weighted by molar-refractivity contribution is -0.0462. The Hall–Kier alpha value is -0.120. The van der Waals surface area contributed by atoms with Crippen molar-refractivity contribution in [3.8, 4) is 0 Å². The third-order valence-corrected chi connectivity index (χ3v) is 3.28. The lowest BCUT2D eigenvalue weighted by atomic mass is 9.91. The summed E-state index contributed by atoms with van der Waals surface area (Å²) in [5.41, 5.74) is 0. The number of hydrogen-bond donors (Lipinski definition) is 1. The van der Waals surface area contributed by atoms with Crippen molar-refractivity contribution in [2.75, 3.05) is 26.8 Å². The molecule has 1 N–H and O–H groups in total. The molecule has 1 fully saturated rings. The SMILES string of the molecule is CCCC1CCN(CCCOC)C(O)C1. The van der Waals surface area contributed by atoms with Gasteiger partial charge < -0.3 is 9.84 Å². The Morgan fingerprint density at radius 3 is 2.87 bits per heavy atom. The van der Waals surface area contributed by atoms with Crippen LogP contribution in [0.5, 0.6) is 0 Å². The maximum absolute atomic E-state index is 9.95. The number of aliphatic hydroxyl groups excluding tert-OH is 1. The van der Waals surface area contributed by atoms with Crippen molar-refractivity contribution in [2.45, 2.75) is 45.3 Å². The Kier molecular flexibility index (Phi) is 6.22. The van der Waals surface area contributed by atoms with Gasteiger partial charge in [0.2, 0.25) is 0 Å². The quantitative estimate of drug-likeness (QED) is 0.686. The van der Waals surface area contributed by atoms with Crippen molar-refractivity contribution >= 4 is 0 Å². The lowest BCUT2D eigenvalue weighted by Crippen LogP contribution is -2.43. The molecule has 0 aliphatic carbocycles. The molecule has 0 bridgehead atoms. The fraction of sp³-hybridized carbons (Fsp3) is 1.00. The highest BCUT2D eigenvalue weighted by atomic mass is 16.5. The normalized spacial score (nSPS) is 28.2. The minimum Gasteiger partial charge on any atom is -0.385 e. The number of ether oxygens (including phenoxy) is 1. The second kappa shape index (κ2) is 7.20. The second-order valence-electron chi connectivity index (χ2n) is 4.54. The number of aliphatic hydroxyl groups is 1. The van der Waals surface area contributed by atoms with Gasteiger partial charge in [0.1, 0.15) is 6.23 Å². The smallest absolute Gasteiger partial charge is 0.107 e. The van der Waals surface area contributed by atoms with Crippen LogP contribution in [0.15, 0.2) is 0 Å². The van der Waals surface area contributed by atoms with Crippen molar-refractivity contribution in [3.05, 3.63) is 0 Å². The molecule has 0 saturated carbocycles. The maximum Gasteiger partial charge on any atom is 0.107 e. The first kappa shape index (κ1) is 12.9. The number of likely N-dealkylation sites (tertiary alicyclic amines) is 1. The average Bonchev–Trinajstić information content (AvgIpc) is 2.22. The first-order valence-corrected chi connectivity index (χ1v) is 6.19. The Balaban J connectivity index is 2.20. The first-order valence-electron chi connectivity index (χ1n) is 6.19. The highest BCUT2D eigenvalue weighted by Crippen LogP contribution is 2.25. The van der Waals surface area contributed by atoms with E-state index in [1.54, 1.807) is 7.11 Å². The van der Waals surface area contributed by atoms with Gasteiger partial charge in [0.15, 0.2) is 0 Å². The van der Waals surface area contributed by atoms with Crippen LogP contribution in [0.3, 0.4) is 0 Å². The zero-order chi connectivity index (χ0) is 11.1. The summed E-state index contributed by atoms with van der Waals surface area (Å²) in [5, 5.41) is 9.95. The second-order valence-corrected chi connectivity index (χ2v) is 4.54. The van der Waals surface area contributed by atoms with E-state index in [0.717, 1.165) is 38.5 Å². The largest absolute Gasteiger partial charge is 0.385 e. The minimum atomic E-state index is -0.216. The Labute approximate surface area is 93.4 Å². The molecule has 0 radical (unpaired) electrons. The van der Waals surface area contributed by atoms with Crippen molar-refractivity contribution < 1.29 is 9.84 Å². The molecule has 1 heterocycles. The number of piperidine rings is 1. The summed E-state index contributed by atoms with van der Waals surface area (Å²) >= 11 is 0. The molecule has 2 unspecified atom stereocenters. The van der Waals surface area contributed by atoms with Crippen LogP contribution in [-0.2, 0) is 4.74 Å². The molecule has 1 rings (SSSR count). The zero-order valence-corrected chi connectivity index (χ0v) is 10.1. The van der Waals surface area contributed by atoms with Gasteiger partial charge in [-0.2, -0.15) is 0 Å². The third kappa shape index (κ3) is 4.49. The van der Waals surface area contributed by atoms with Crippen LogP contribution in [0, 0.1) is 5.92 Å². The van der Waals surface area contributed by atoms with E-state index in [2.05, 4.69) is 11.8 Å². The van der Waals surface area contributed by atoms with E-state index in [-0.39, 0.29) is 6.23 Å². The molecule has 1 aliphatic heterocycles. The van der Waals surface area contributed by atoms with Crippen LogP contribution in [-0.4, -0.2) is 43.0 Å². The van der Waals surface area contributed by atoms with E-state index in [1.165, 1.54) is 19.3 Å².